The van der Waals surface area contributed by atoms with Gasteiger partial charge < -0.3 is 25.2 Å². The van der Waals surface area contributed by atoms with Crippen LogP contribution in [0, 0.1) is 11.3 Å². The molecule has 1 aromatic carbocycles. The predicted octanol–water partition coefficient (Wildman–Crippen LogP) is 1.56. The minimum Gasteiger partial charge on any atom is -0.468 e. The number of piperidine rings is 1. The van der Waals surface area contributed by atoms with E-state index in [0.717, 1.165) is 23.2 Å². The largest absolute Gasteiger partial charge is 0.468 e. The lowest BCUT2D eigenvalue weighted by Gasteiger charge is -2.62. The molecule has 3 heterocycles. The number of allylic oxidation sites excluding steroid dienone is 1. The molecule has 144 valence electrons. The van der Waals surface area contributed by atoms with Gasteiger partial charge in [-0.1, -0.05) is 29.8 Å². The van der Waals surface area contributed by atoms with E-state index >= 15 is 0 Å². The van der Waals surface area contributed by atoms with Crippen molar-refractivity contribution < 1.29 is 19.4 Å². The Labute approximate surface area is 158 Å². The molecular weight excluding hydrogens is 344 g/mol. The van der Waals surface area contributed by atoms with E-state index in [4.69, 9.17) is 9.47 Å². The van der Waals surface area contributed by atoms with Gasteiger partial charge in [-0.15, -0.1) is 0 Å². The van der Waals surface area contributed by atoms with Crippen LogP contribution in [0.5, 0.6) is 0 Å². The summed E-state index contributed by atoms with van der Waals surface area (Å²) in [5, 5.41) is 18.1. The van der Waals surface area contributed by atoms with Crippen molar-refractivity contribution in [2.45, 2.75) is 36.9 Å². The third-order valence-electron chi connectivity index (χ3n) is 7.64. The summed E-state index contributed by atoms with van der Waals surface area (Å²) in [4.78, 5) is 13.5. The van der Waals surface area contributed by atoms with E-state index in [2.05, 4.69) is 22.8 Å². The first-order valence-electron chi connectivity index (χ1n) is 9.70. The van der Waals surface area contributed by atoms with Crippen LogP contribution in [0.2, 0.25) is 0 Å². The van der Waals surface area contributed by atoms with Gasteiger partial charge in [-0.3, -0.25) is 4.79 Å². The second kappa shape index (κ2) is 5.56. The van der Waals surface area contributed by atoms with Crippen molar-refractivity contribution in [3.8, 4) is 0 Å². The summed E-state index contributed by atoms with van der Waals surface area (Å²) in [5.74, 6) is -0.433. The van der Waals surface area contributed by atoms with Gasteiger partial charge in [0.25, 0.3) is 0 Å². The maximum atomic E-state index is 13.5. The fraction of sp³-hybridized carbons (Fsp3) is 0.571. The Balaban J connectivity index is 1.87. The molecule has 3 N–H and O–H groups in total. The monoisotopic (exact) mass is 370 g/mol. The van der Waals surface area contributed by atoms with Crippen LogP contribution >= 0.6 is 0 Å². The fourth-order valence-corrected chi connectivity index (χ4v) is 6.67. The van der Waals surface area contributed by atoms with Crippen LogP contribution in [-0.2, 0) is 19.7 Å². The van der Waals surface area contributed by atoms with E-state index in [9.17, 15) is 9.90 Å². The summed E-state index contributed by atoms with van der Waals surface area (Å²) in [6.45, 7) is 2.96. The molecule has 0 spiro atoms. The number of methoxy groups -OCH3 is 1. The average molecular weight is 370 g/mol. The standard InChI is InChI=1S/C21H26N2O4/c1-3-13-11-22-17-10-15(13)19(12-24,18(25)26-2)20-8-9-27-21(17,20)23-16-7-5-4-6-14(16)20/h3-7,15,17,22-24H,8-12H2,1-2H3/b13-3+/t15-,17-,19-,20-,21-/m0/s1. The van der Waals surface area contributed by atoms with Gasteiger partial charge in [-0.25, -0.2) is 0 Å². The van der Waals surface area contributed by atoms with Gasteiger partial charge in [0.2, 0.25) is 0 Å². The number of para-hydroxylation sites is 1. The summed E-state index contributed by atoms with van der Waals surface area (Å²) >= 11 is 0. The van der Waals surface area contributed by atoms with Crippen LogP contribution < -0.4 is 10.6 Å². The van der Waals surface area contributed by atoms with E-state index in [1.54, 1.807) is 0 Å². The first kappa shape index (κ1) is 17.2. The van der Waals surface area contributed by atoms with Crippen molar-refractivity contribution >= 4 is 11.7 Å². The Morgan fingerprint density at radius 3 is 3.00 bits per heavy atom. The fourth-order valence-electron chi connectivity index (χ4n) is 6.67. The molecule has 3 fully saturated rings. The Kier molecular flexibility index (Phi) is 3.55. The molecule has 0 amide bonds. The number of benzene rings is 1. The molecule has 0 radical (unpaired) electrons. The van der Waals surface area contributed by atoms with Crippen molar-refractivity contribution in [1.29, 1.82) is 0 Å². The Bertz CT molecular complexity index is 839. The number of aliphatic hydroxyl groups excluding tert-OH is 1. The highest BCUT2D eigenvalue weighted by Crippen LogP contribution is 2.70. The zero-order valence-corrected chi connectivity index (χ0v) is 15.7. The van der Waals surface area contributed by atoms with Gasteiger partial charge in [0.1, 0.15) is 5.41 Å². The van der Waals surface area contributed by atoms with Crippen molar-refractivity contribution in [3.63, 3.8) is 0 Å². The lowest BCUT2D eigenvalue weighted by atomic mass is 9.44. The second-order valence-corrected chi connectivity index (χ2v) is 8.12. The molecule has 2 saturated heterocycles. The number of aliphatic hydroxyl groups is 1. The third-order valence-corrected chi connectivity index (χ3v) is 7.64. The Morgan fingerprint density at radius 1 is 1.44 bits per heavy atom. The molecule has 5 atom stereocenters. The minimum absolute atomic E-state index is 0.0467. The molecule has 1 aliphatic carbocycles. The zero-order chi connectivity index (χ0) is 18.9. The second-order valence-electron chi connectivity index (χ2n) is 8.12. The third kappa shape index (κ3) is 1.67. The van der Waals surface area contributed by atoms with Gasteiger partial charge in [0.05, 0.1) is 31.8 Å². The number of hydrogen-bond acceptors (Lipinski definition) is 6. The summed E-state index contributed by atoms with van der Waals surface area (Å²) in [6, 6.07) is 8.14. The van der Waals surface area contributed by atoms with E-state index in [-0.39, 0.29) is 24.5 Å². The van der Waals surface area contributed by atoms with Crippen LogP contribution in [0.3, 0.4) is 0 Å². The number of carbonyl (C=O) groups is 1. The van der Waals surface area contributed by atoms with Gasteiger partial charge in [0.15, 0.2) is 5.72 Å². The number of esters is 1. The molecule has 27 heavy (non-hydrogen) atoms. The zero-order valence-electron chi connectivity index (χ0n) is 15.7. The number of anilines is 1. The Morgan fingerprint density at radius 2 is 2.26 bits per heavy atom. The number of ether oxygens (including phenoxy) is 2. The van der Waals surface area contributed by atoms with Crippen molar-refractivity contribution in [1.82, 2.24) is 5.32 Å². The molecule has 0 aromatic heterocycles. The van der Waals surface area contributed by atoms with Gasteiger partial charge in [-0.2, -0.15) is 0 Å². The number of carbonyl (C=O) groups excluding carboxylic acids is 1. The van der Waals surface area contributed by atoms with Crippen molar-refractivity contribution in [2.24, 2.45) is 11.3 Å². The SMILES string of the molecule is C/C=C1\CN[C@H]2C[C@@H]1[C@@](CO)(C(=O)OC)[C@@]13CCO[C@@]21Nc1ccccc13. The summed E-state index contributed by atoms with van der Waals surface area (Å²) in [5.41, 5.74) is 0.658. The lowest BCUT2D eigenvalue weighted by Crippen LogP contribution is -2.78. The quantitative estimate of drug-likeness (QED) is 0.542. The molecule has 4 aliphatic rings. The topological polar surface area (TPSA) is 79.8 Å². The van der Waals surface area contributed by atoms with Gasteiger partial charge in [0, 0.05) is 18.2 Å². The number of hydrogen-bond donors (Lipinski definition) is 3. The van der Waals surface area contributed by atoms with Crippen LogP contribution in [0.1, 0.15) is 25.3 Å². The molecule has 1 saturated carbocycles. The van der Waals surface area contributed by atoms with E-state index in [0.29, 0.717) is 19.6 Å². The highest BCUT2D eigenvalue weighted by atomic mass is 16.5. The van der Waals surface area contributed by atoms with Gasteiger partial charge in [-0.05, 0) is 31.4 Å². The molecule has 6 heteroatoms. The summed E-state index contributed by atoms with van der Waals surface area (Å²) in [7, 11) is 1.42. The molecule has 1 aromatic rings. The van der Waals surface area contributed by atoms with Gasteiger partial charge >= 0.3 is 5.97 Å². The normalized spacial score (nSPS) is 42.9. The summed E-state index contributed by atoms with van der Waals surface area (Å²) < 4.78 is 11.8. The van der Waals surface area contributed by atoms with Crippen molar-refractivity contribution in [3.05, 3.63) is 41.5 Å². The minimum atomic E-state index is -1.09. The first-order valence-corrected chi connectivity index (χ1v) is 9.70. The van der Waals surface area contributed by atoms with Crippen molar-refractivity contribution in [2.75, 3.05) is 32.2 Å². The average Bonchev–Trinajstić information content (AvgIpc) is 3.22. The number of fused-ring (bicyclic) bond motifs is 3. The maximum absolute atomic E-state index is 13.5. The van der Waals surface area contributed by atoms with Crippen LogP contribution in [-0.4, -0.2) is 49.7 Å². The maximum Gasteiger partial charge on any atom is 0.315 e. The molecular formula is C21H26N2O4. The highest BCUT2D eigenvalue weighted by molar-refractivity contribution is 5.85. The predicted molar refractivity (Wildman–Crippen MR) is 100 cm³/mol. The number of nitrogens with one attached hydrogen (secondary N) is 2. The Hall–Kier alpha value is -1.89. The first-order chi connectivity index (χ1) is 13.1. The van der Waals surface area contributed by atoms with Crippen LogP contribution in [0.15, 0.2) is 35.9 Å². The molecule has 2 bridgehead atoms. The van der Waals surface area contributed by atoms with Crippen LogP contribution in [0.4, 0.5) is 5.69 Å². The lowest BCUT2D eigenvalue weighted by molar-refractivity contribution is -0.192. The number of rotatable bonds is 2. The highest BCUT2D eigenvalue weighted by Gasteiger charge is 2.81. The van der Waals surface area contributed by atoms with E-state index in [1.165, 1.54) is 7.11 Å². The summed E-state index contributed by atoms with van der Waals surface area (Å²) in [6.07, 6.45) is 3.46. The molecule has 0 unspecified atom stereocenters. The van der Waals surface area contributed by atoms with Crippen LogP contribution in [0.25, 0.3) is 0 Å². The van der Waals surface area contributed by atoms with E-state index < -0.39 is 16.6 Å². The molecule has 6 nitrogen and oxygen atoms in total. The molecule has 5 rings (SSSR count). The van der Waals surface area contributed by atoms with E-state index in [1.807, 2.05) is 25.1 Å². The smallest absolute Gasteiger partial charge is 0.315 e. The molecule has 3 aliphatic heterocycles.